The third-order valence-corrected chi connectivity index (χ3v) is 2.69. The Morgan fingerprint density at radius 2 is 2.25 bits per heavy atom. The lowest BCUT2D eigenvalue weighted by molar-refractivity contribution is -0.141. The molecule has 0 aliphatic carbocycles. The highest BCUT2D eigenvalue weighted by Gasteiger charge is 2.45. The monoisotopic (exact) mass is 221 g/mol. The molecule has 0 fully saturated rings. The Morgan fingerprint density at radius 1 is 1.56 bits per heavy atom. The first-order valence-corrected chi connectivity index (χ1v) is 4.75. The van der Waals surface area contributed by atoms with Crippen LogP contribution in [-0.2, 0) is 27.0 Å². The Labute approximate surface area is 91.9 Å². The number of carboxylic acids is 1. The SMILES string of the molecule is Cn1cccc1C1(C)OC(C(=O)O)=CC1=O. The second kappa shape index (κ2) is 3.23. The molecule has 1 aromatic heterocycles. The van der Waals surface area contributed by atoms with Crippen molar-refractivity contribution in [3.63, 3.8) is 0 Å². The molecule has 0 aromatic carbocycles. The number of rotatable bonds is 2. The maximum absolute atomic E-state index is 11.8. The molecule has 1 aromatic rings. The molecule has 1 N–H and O–H groups in total. The van der Waals surface area contributed by atoms with Crippen molar-refractivity contribution in [1.29, 1.82) is 0 Å². The lowest BCUT2D eigenvalue weighted by Crippen LogP contribution is -2.32. The highest BCUT2D eigenvalue weighted by molar-refractivity contribution is 6.05. The Bertz CT molecular complexity index is 500. The molecule has 1 aliphatic rings. The van der Waals surface area contributed by atoms with E-state index in [1.807, 2.05) is 0 Å². The van der Waals surface area contributed by atoms with Gasteiger partial charge in [0.1, 0.15) is 0 Å². The largest absolute Gasteiger partial charge is 0.475 e. The molecule has 84 valence electrons. The summed E-state index contributed by atoms with van der Waals surface area (Å²) < 4.78 is 6.97. The minimum atomic E-state index is -1.23. The summed E-state index contributed by atoms with van der Waals surface area (Å²) in [6, 6.07) is 3.51. The van der Waals surface area contributed by atoms with E-state index in [0.717, 1.165) is 6.08 Å². The number of aryl methyl sites for hydroxylation is 1. The number of carbonyl (C=O) groups excluding carboxylic acids is 1. The molecule has 2 heterocycles. The fourth-order valence-corrected chi connectivity index (χ4v) is 1.80. The first kappa shape index (κ1) is 10.5. The Hall–Kier alpha value is -2.04. The van der Waals surface area contributed by atoms with Crippen molar-refractivity contribution in [2.45, 2.75) is 12.5 Å². The van der Waals surface area contributed by atoms with Gasteiger partial charge in [0.15, 0.2) is 0 Å². The van der Waals surface area contributed by atoms with Crippen molar-refractivity contribution in [1.82, 2.24) is 4.57 Å². The predicted molar refractivity (Wildman–Crippen MR) is 54.6 cm³/mol. The van der Waals surface area contributed by atoms with Crippen molar-refractivity contribution in [2.75, 3.05) is 0 Å². The maximum Gasteiger partial charge on any atom is 0.371 e. The van der Waals surface area contributed by atoms with Crippen LogP contribution in [0.25, 0.3) is 0 Å². The van der Waals surface area contributed by atoms with Gasteiger partial charge in [0, 0.05) is 19.3 Å². The topological polar surface area (TPSA) is 68.5 Å². The Kier molecular flexibility index (Phi) is 2.11. The van der Waals surface area contributed by atoms with Crippen LogP contribution < -0.4 is 0 Å². The fraction of sp³-hybridized carbons (Fsp3) is 0.273. The van der Waals surface area contributed by atoms with E-state index in [2.05, 4.69) is 0 Å². The molecular weight excluding hydrogens is 210 g/mol. The summed E-state index contributed by atoms with van der Waals surface area (Å²) in [4.78, 5) is 22.5. The summed E-state index contributed by atoms with van der Waals surface area (Å²) in [5.74, 6) is -1.90. The summed E-state index contributed by atoms with van der Waals surface area (Å²) >= 11 is 0. The van der Waals surface area contributed by atoms with Crippen molar-refractivity contribution < 1.29 is 19.4 Å². The van der Waals surface area contributed by atoms with Gasteiger partial charge < -0.3 is 14.4 Å². The number of carboxylic acid groups (broad SMARTS) is 1. The highest BCUT2D eigenvalue weighted by atomic mass is 16.5. The smallest absolute Gasteiger partial charge is 0.371 e. The second-order valence-electron chi connectivity index (χ2n) is 3.82. The summed E-state index contributed by atoms with van der Waals surface area (Å²) in [5, 5.41) is 8.78. The van der Waals surface area contributed by atoms with Crippen LogP contribution in [0.1, 0.15) is 12.6 Å². The number of nitrogens with zero attached hydrogens (tertiary/aromatic N) is 1. The van der Waals surface area contributed by atoms with Gasteiger partial charge in [-0.25, -0.2) is 4.79 Å². The van der Waals surface area contributed by atoms with Crippen LogP contribution in [0.2, 0.25) is 0 Å². The number of aliphatic carboxylic acids is 1. The number of ketones is 1. The molecule has 0 spiro atoms. The number of hydrogen-bond donors (Lipinski definition) is 1. The lowest BCUT2D eigenvalue weighted by atomic mass is 9.98. The van der Waals surface area contributed by atoms with E-state index in [1.165, 1.54) is 0 Å². The molecule has 0 saturated heterocycles. The summed E-state index contributed by atoms with van der Waals surface area (Å²) in [6.45, 7) is 1.57. The minimum absolute atomic E-state index is 0.311. The predicted octanol–water partition coefficient (Wildman–Crippen LogP) is 0.808. The second-order valence-corrected chi connectivity index (χ2v) is 3.82. The highest BCUT2D eigenvalue weighted by Crippen LogP contribution is 2.34. The van der Waals surface area contributed by atoms with E-state index in [4.69, 9.17) is 9.84 Å². The molecule has 0 amide bonds. The van der Waals surface area contributed by atoms with Gasteiger partial charge in [0.2, 0.25) is 17.1 Å². The Morgan fingerprint density at radius 3 is 2.69 bits per heavy atom. The van der Waals surface area contributed by atoms with Crippen molar-refractivity contribution in [3.05, 3.63) is 35.9 Å². The molecule has 1 aliphatic heterocycles. The lowest BCUT2D eigenvalue weighted by Gasteiger charge is -2.23. The molecule has 1 unspecified atom stereocenters. The van der Waals surface area contributed by atoms with Gasteiger partial charge in [-0.05, 0) is 19.1 Å². The van der Waals surface area contributed by atoms with Gasteiger partial charge in [-0.1, -0.05) is 0 Å². The molecule has 5 heteroatoms. The summed E-state index contributed by atoms with van der Waals surface area (Å²) in [5.41, 5.74) is -0.601. The van der Waals surface area contributed by atoms with Crippen LogP contribution >= 0.6 is 0 Å². The van der Waals surface area contributed by atoms with Crippen LogP contribution in [0.3, 0.4) is 0 Å². The fourth-order valence-electron chi connectivity index (χ4n) is 1.80. The van der Waals surface area contributed by atoms with Gasteiger partial charge in [0.25, 0.3) is 0 Å². The van der Waals surface area contributed by atoms with Crippen LogP contribution in [0.4, 0.5) is 0 Å². The first-order valence-electron chi connectivity index (χ1n) is 4.75. The molecule has 0 bridgehead atoms. The van der Waals surface area contributed by atoms with Crippen LogP contribution in [0, 0.1) is 0 Å². The molecule has 0 saturated carbocycles. The molecular formula is C11H11NO4. The zero-order valence-corrected chi connectivity index (χ0v) is 8.93. The maximum atomic E-state index is 11.8. The third-order valence-electron chi connectivity index (χ3n) is 2.69. The van der Waals surface area contributed by atoms with E-state index < -0.39 is 11.6 Å². The van der Waals surface area contributed by atoms with E-state index in [-0.39, 0.29) is 11.5 Å². The van der Waals surface area contributed by atoms with Crippen LogP contribution in [0.5, 0.6) is 0 Å². The molecule has 2 rings (SSSR count). The van der Waals surface area contributed by atoms with E-state index >= 15 is 0 Å². The van der Waals surface area contributed by atoms with Crippen LogP contribution in [0.15, 0.2) is 30.2 Å². The number of carbonyl (C=O) groups is 2. The zero-order valence-electron chi connectivity index (χ0n) is 8.93. The van der Waals surface area contributed by atoms with E-state index in [1.54, 1.807) is 36.9 Å². The summed E-state index contributed by atoms with van der Waals surface area (Å²) in [6.07, 6.45) is 2.80. The zero-order chi connectivity index (χ0) is 11.9. The molecule has 5 nitrogen and oxygen atoms in total. The number of ether oxygens (including phenoxy) is 1. The average Bonchev–Trinajstić information content (AvgIpc) is 2.73. The van der Waals surface area contributed by atoms with Crippen molar-refractivity contribution >= 4 is 11.8 Å². The number of hydrogen-bond acceptors (Lipinski definition) is 3. The van der Waals surface area contributed by atoms with Gasteiger partial charge in [-0.2, -0.15) is 0 Å². The van der Waals surface area contributed by atoms with E-state index in [0.29, 0.717) is 5.69 Å². The average molecular weight is 221 g/mol. The molecule has 1 atom stereocenters. The van der Waals surface area contributed by atoms with Gasteiger partial charge in [0.05, 0.1) is 5.69 Å². The van der Waals surface area contributed by atoms with Gasteiger partial charge >= 0.3 is 5.97 Å². The van der Waals surface area contributed by atoms with Gasteiger partial charge in [-0.3, -0.25) is 4.79 Å². The number of aromatic nitrogens is 1. The quantitative estimate of drug-likeness (QED) is 0.802. The van der Waals surface area contributed by atoms with Crippen LogP contribution in [-0.4, -0.2) is 21.4 Å². The van der Waals surface area contributed by atoms with Gasteiger partial charge in [-0.15, -0.1) is 0 Å². The normalized spacial score (nSPS) is 24.1. The standard InChI is InChI=1S/C11H11NO4/c1-11(8-4-3-5-12(8)2)9(13)6-7(16-11)10(14)15/h3-6H,1-2H3,(H,14,15). The minimum Gasteiger partial charge on any atom is -0.475 e. The molecule has 0 radical (unpaired) electrons. The van der Waals surface area contributed by atoms with Crippen molar-refractivity contribution in [3.8, 4) is 0 Å². The van der Waals surface area contributed by atoms with E-state index in [9.17, 15) is 9.59 Å². The van der Waals surface area contributed by atoms with Crippen molar-refractivity contribution in [2.24, 2.45) is 7.05 Å². The summed E-state index contributed by atoms with van der Waals surface area (Å²) in [7, 11) is 1.77. The first-order chi connectivity index (χ1) is 7.45. The Balaban J connectivity index is 2.41. The molecule has 16 heavy (non-hydrogen) atoms. The third kappa shape index (κ3) is 1.32.